The SMILES string of the molecule is Cc1ccnc(Sc2ncnc3sc4c(c23)CCC4)n1. The van der Waals surface area contributed by atoms with Gasteiger partial charge in [0, 0.05) is 22.2 Å². The Morgan fingerprint density at radius 2 is 2.15 bits per heavy atom. The van der Waals surface area contributed by atoms with Crippen LogP contribution in [-0.2, 0) is 12.8 Å². The van der Waals surface area contributed by atoms with Gasteiger partial charge in [0.25, 0.3) is 0 Å². The van der Waals surface area contributed by atoms with E-state index >= 15 is 0 Å². The molecule has 0 amide bonds. The van der Waals surface area contributed by atoms with E-state index in [1.807, 2.05) is 24.3 Å². The van der Waals surface area contributed by atoms with Crippen LogP contribution in [0.4, 0.5) is 0 Å². The third-order valence-corrected chi connectivity index (χ3v) is 5.51. The molecule has 0 unspecified atom stereocenters. The highest BCUT2D eigenvalue weighted by Gasteiger charge is 2.21. The van der Waals surface area contributed by atoms with Gasteiger partial charge in [-0.05, 0) is 49.6 Å². The van der Waals surface area contributed by atoms with Gasteiger partial charge >= 0.3 is 0 Å². The zero-order valence-electron chi connectivity index (χ0n) is 11.0. The highest BCUT2D eigenvalue weighted by molar-refractivity contribution is 7.99. The Kier molecular flexibility index (Phi) is 2.93. The van der Waals surface area contributed by atoms with Gasteiger partial charge in [-0.15, -0.1) is 11.3 Å². The van der Waals surface area contributed by atoms with E-state index in [0.717, 1.165) is 27.1 Å². The van der Waals surface area contributed by atoms with Crippen LogP contribution in [0.5, 0.6) is 0 Å². The number of aryl methyl sites for hydroxylation is 3. The molecule has 100 valence electrons. The number of aromatic nitrogens is 4. The number of fused-ring (bicyclic) bond motifs is 3. The molecule has 6 heteroatoms. The topological polar surface area (TPSA) is 51.6 Å². The highest BCUT2D eigenvalue weighted by atomic mass is 32.2. The Bertz CT molecular complexity index is 797. The van der Waals surface area contributed by atoms with Gasteiger partial charge in [-0.3, -0.25) is 0 Å². The van der Waals surface area contributed by atoms with Crippen LogP contribution in [0.25, 0.3) is 10.2 Å². The first-order valence-electron chi connectivity index (χ1n) is 6.54. The summed E-state index contributed by atoms with van der Waals surface area (Å²) in [5, 5.41) is 2.96. The van der Waals surface area contributed by atoms with Crippen molar-refractivity contribution in [2.75, 3.05) is 0 Å². The number of nitrogens with zero attached hydrogens (tertiary/aromatic N) is 4. The number of thiophene rings is 1. The van der Waals surface area contributed by atoms with Crippen molar-refractivity contribution in [3.8, 4) is 0 Å². The minimum absolute atomic E-state index is 0.753. The second-order valence-corrected chi connectivity index (χ2v) is 6.84. The minimum Gasteiger partial charge on any atom is -0.231 e. The molecule has 1 aliphatic carbocycles. The van der Waals surface area contributed by atoms with Crippen LogP contribution in [0.2, 0.25) is 0 Å². The fourth-order valence-corrected chi connectivity index (χ4v) is 4.73. The van der Waals surface area contributed by atoms with Gasteiger partial charge in [-0.25, -0.2) is 19.9 Å². The van der Waals surface area contributed by atoms with E-state index in [9.17, 15) is 0 Å². The molecule has 0 saturated heterocycles. The van der Waals surface area contributed by atoms with Crippen molar-refractivity contribution >= 4 is 33.3 Å². The summed E-state index contributed by atoms with van der Waals surface area (Å²) >= 11 is 3.34. The third kappa shape index (κ3) is 1.99. The Balaban J connectivity index is 1.83. The zero-order valence-corrected chi connectivity index (χ0v) is 12.6. The number of hydrogen-bond acceptors (Lipinski definition) is 6. The largest absolute Gasteiger partial charge is 0.231 e. The lowest BCUT2D eigenvalue weighted by Gasteiger charge is -2.03. The molecule has 4 rings (SSSR count). The van der Waals surface area contributed by atoms with Crippen molar-refractivity contribution in [3.05, 3.63) is 34.7 Å². The van der Waals surface area contributed by atoms with Crippen LogP contribution >= 0.6 is 23.1 Å². The summed E-state index contributed by atoms with van der Waals surface area (Å²) in [6, 6.07) is 1.90. The molecule has 3 aromatic rings. The van der Waals surface area contributed by atoms with Gasteiger partial charge in [-0.1, -0.05) is 0 Å². The molecule has 20 heavy (non-hydrogen) atoms. The van der Waals surface area contributed by atoms with Crippen molar-refractivity contribution in [2.24, 2.45) is 0 Å². The van der Waals surface area contributed by atoms with E-state index < -0.39 is 0 Å². The van der Waals surface area contributed by atoms with Crippen molar-refractivity contribution in [2.45, 2.75) is 36.4 Å². The maximum absolute atomic E-state index is 4.46. The Labute approximate surface area is 124 Å². The summed E-state index contributed by atoms with van der Waals surface area (Å²) in [4.78, 5) is 20.2. The first-order valence-corrected chi connectivity index (χ1v) is 8.17. The van der Waals surface area contributed by atoms with Crippen molar-refractivity contribution in [3.63, 3.8) is 0 Å². The lowest BCUT2D eigenvalue weighted by Crippen LogP contribution is -1.91. The average Bonchev–Trinajstić information content (AvgIpc) is 2.99. The van der Waals surface area contributed by atoms with E-state index in [1.54, 1.807) is 12.5 Å². The van der Waals surface area contributed by atoms with Crippen LogP contribution < -0.4 is 0 Å². The van der Waals surface area contributed by atoms with E-state index in [2.05, 4.69) is 19.9 Å². The van der Waals surface area contributed by atoms with Gasteiger partial charge < -0.3 is 0 Å². The van der Waals surface area contributed by atoms with Crippen molar-refractivity contribution < 1.29 is 0 Å². The molecule has 3 aromatic heterocycles. The molecule has 0 spiro atoms. The molecular weight excluding hydrogens is 288 g/mol. The summed E-state index contributed by atoms with van der Waals surface area (Å²) in [6.07, 6.45) is 7.01. The normalized spacial score (nSPS) is 13.8. The fourth-order valence-electron chi connectivity index (χ4n) is 2.54. The molecule has 3 heterocycles. The lowest BCUT2D eigenvalue weighted by atomic mass is 10.2. The summed E-state index contributed by atoms with van der Waals surface area (Å²) in [5.74, 6) is 0. The summed E-state index contributed by atoms with van der Waals surface area (Å²) < 4.78 is 0. The molecule has 0 radical (unpaired) electrons. The maximum atomic E-state index is 4.46. The standard InChI is InChI=1S/C14H12N4S2/c1-8-5-6-15-14(18-8)20-13-11-9-3-2-4-10(9)19-12(11)16-7-17-13/h5-7H,2-4H2,1H3. The van der Waals surface area contributed by atoms with Crippen LogP contribution in [0, 0.1) is 6.92 Å². The van der Waals surface area contributed by atoms with E-state index in [-0.39, 0.29) is 0 Å². The summed E-state index contributed by atoms with van der Waals surface area (Å²) in [6.45, 7) is 1.98. The van der Waals surface area contributed by atoms with Crippen LogP contribution in [-0.4, -0.2) is 19.9 Å². The quantitative estimate of drug-likeness (QED) is 0.536. The Hall–Kier alpha value is -1.53. The minimum atomic E-state index is 0.753. The monoisotopic (exact) mass is 300 g/mol. The molecule has 0 N–H and O–H groups in total. The van der Waals surface area contributed by atoms with Crippen molar-refractivity contribution in [1.82, 2.24) is 19.9 Å². The van der Waals surface area contributed by atoms with E-state index in [0.29, 0.717) is 0 Å². The van der Waals surface area contributed by atoms with Gasteiger partial charge in [0.2, 0.25) is 0 Å². The van der Waals surface area contributed by atoms with Crippen molar-refractivity contribution in [1.29, 1.82) is 0 Å². The third-order valence-electron chi connectivity index (χ3n) is 3.43. The number of hydrogen-bond donors (Lipinski definition) is 0. The second-order valence-electron chi connectivity index (χ2n) is 4.80. The fraction of sp³-hybridized carbons (Fsp3) is 0.286. The van der Waals surface area contributed by atoms with Gasteiger partial charge in [0.15, 0.2) is 5.16 Å². The Morgan fingerprint density at radius 3 is 3.05 bits per heavy atom. The second kappa shape index (κ2) is 4.79. The first kappa shape index (κ1) is 12.2. The predicted octanol–water partition coefficient (Wildman–Crippen LogP) is 3.43. The molecule has 0 aromatic carbocycles. The van der Waals surface area contributed by atoms with Crippen LogP contribution in [0.15, 0.2) is 28.8 Å². The molecule has 0 atom stereocenters. The summed E-state index contributed by atoms with van der Waals surface area (Å²) in [7, 11) is 0. The smallest absolute Gasteiger partial charge is 0.194 e. The van der Waals surface area contributed by atoms with Crippen LogP contribution in [0.3, 0.4) is 0 Å². The maximum Gasteiger partial charge on any atom is 0.194 e. The predicted molar refractivity (Wildman–Crippen MR) is 80.3 cm³/mol. The molecule has 0 fully saturated rings. The summed E-state index contributed by atoms with van der Waals surface area (Å²) in [5.41, 5.74) is 2.42. The molecular formula is C14H12N4S2. The van der Waals surface area contributed by atoms with Gasteiger partial charge in [0.05, 0.1) is 0 Å². The molecule has 0 saturated carbocycles. The molecule has 0 bridgehead atoms. The van der Waals surface area contributed by atoms with E-state index in [1.165, 1.54) is 40.4 Å². The van der Waals surface area contributed by atoms with Gasteiger partial charge in [0.1, 0.15) is 16.2 Å². The zero-order chi connectivity index (χ0) is 13.5. The first-order chi connectivity index (χ1) is 9.81. The van der Waals surface area contributed by atoms with E-state index in [4.69, 9.17) is 0 Å². The van der Waals surface area contributed by atoms with Crippen LogP contribution in [0.1, 0.15) is 22.6 Å². The highest BCUT2D eigenvalue weighted by Crippen LogP contribution is 2.40. The average molecular weight is 300 g/mol. The number of rotatable bonds is 2. The molecule has 0 aliphatic heterocycles. The lowest BCUT2D eigenvalue weighted by molar-refractivity contribution is 0.914. The van der Waals surface area contributed by atoms with Gasteiger partial charge in [-0.2, -0.15) is 0 Å². The molecule has 1 aliphatic rings. The molecule has 4 nitrogen and oxygen atoms in total. The Morgan fingerprint density at radius 1 is 1.20 bits per heavy atom.